The first kappa shape index (κ1) is 23.8. The molecule has 1 aliphatic rings. The molecule has 1 aromatic carbocycles. The highest BCUT2D eigenvalue weighted by atomic mass is 16.1. The summed E-state index contributed by atoms with van der Waals surface area (Å²) in [4.78, 5) is 33.4. The van der Waals surface area contributed by atoms with Crippen molar-refractivity contribution < 1.29 is 4.79 Å². The number of likely N-dealkylation sites (tertiary alicyclic amines) is 1. The zero-order valence-corrected chi connectivity index (χ0v) is 20.8. The summed E-state index contributed by atoms with van der Waals surface area (Å²) in [5, 5.41) is 8.53. The molecule has 0 bridgehead atoms. The van der Waals surface area contributed by atoms with Gasteiger partial charge in [0.1, 0.15) is 11.5 Å². The molecule has 8 heteroatoms. The third-order valence-corrected chi connectivity index (χ3v) is 6.54. The molecule has 2 atom stereocenters. The Balaban J connectivity index is 1.37. The lowest BCUT2D eigenvalue weighted by Gasteiger charge is -2.37. The van der Waals surface area contributed by atoms with Gasteiger partial charge in [0.15, 0.2) is 0 Å². The molecule has 3 aromatic heterocycles. The lowest BCUT2D eigenvalue weighted by Crippen LogP contribution is -2.45. The first-order chi connectivity index (χ1) is 17.5. The van der Waals surface area contributed by atoms with Gasteiger partial charge in [-0.2, -0.15) is 0 Å². The largest absolute Gasteiger partial charge is 0.367 e. The summed E-state index contributed by atoms with van der Waals surface area (Å²) in [5.74, 6) is 0.702. The normalized spacial score (nSPS) is 18.3. The molecule has 2 unspecified atom stereocenters. The maximum Gasteiger partial charge on any atom is 0.251 e. The van der Waals surface area contributed by atoms with Crippen LogP contribution in [0.2, 0.25) is 0 Å². The second-order valence-electron chi connectivity index (χ2n) is 9.67. The number of amides is 1. The van der Waals surface area contributed by atoms with E-state index in [9.17, 15) is 4.79 Å². The van der Waals surface area contributed by atoms with Crippen LogP contribution in [0.3, 0.4) is 0 Å². The van der Waals surface area contributed by atoms with E-state index in [-0.39, 0.29) is 24.0 Å². The second-order valence-corrected chi connectivity index (χ2v) is 9.67. The first-order valence-electron chi connectivity index (χ1n) is 12.4. The van der Waals surface area contributed by atoms with Crippen LogP contribution in [-0.4, -0.2) is 56.4 Å². The van der Waals surface area contributed by atoms with Crippen molar-refractivity contribution in [1.82, 2.24) is 30.2 Å². The van der Waals surface area contributed by atoms with Crippen molar-refractivity contribution in [1.29, 1.82) is 0 Å². The molecule has 0 radical (unpaired) electrons. The van der Waals surface area contributed by atoms with E-state index in [4.69, 9.17) is 4.98 Å². The molecule has 0 saturated carbocycles. The van der Waals surface area contributed by atoms with Crippen molar-refractivity contribution in [3.05, 3.63) is 78.5 Å². The van der Waals surface area contributed by atoms with Crippen LogP contribution in [0.15, 0.2) is 67.3 Å². The van der Waals surface area contributed by atoms with Crippen LogP contribution in [-0.2, 0) is 0 Å². The number of hydrogen-bond donors (Lipinski definition) is 2. The van der Waals surface area contributed by atoms with Crippen LogP contribution in [0.4, 0.5) is 5.82 Å². The number of nitrogens with one attached hydrogen (secondary N) is 2. The molecule has 2 N–H and O–H groups in total. The molecule has 4 aromatic rings. The maximum absolute atomic E-state index is 12.7. The second kappa shape index (κ2) is 10.4. The average molecular weight is 482 g/mol. The van der Waals surface area contributed by atoms with E-state index in [1.165, 1.54) is 0 Å². The number of fused-ring (bicyclic) bond motifs is 1. The summed E-state index contributed by atoms with van der Waals surface area (Å²) >= 11 is 0. The molecule has 1 amide bonds. The number of rotatable bonds is 6. The van der Waals surface area contributed by atoms with Crippen LogP contribution in [0.25, 0.3) is 22.2 Å². The Labute approximate surface area is 211 Å². The van der Waals surface area contributed by atoms with Gasteiger partial charge in [-0.25, -0.2) is 4.98 Å². The highest BCUT2D eigenvalue weighted by Crippen LogP contribution is 2.31. The highest BCUT2D eigenvalue weighted by Gasteiger charge is 2.29. The molecule has 4 heterocycles. The van der Waals surface area contributed by atoms with E-state index in [0.29, 0.717) is 5.56 Å². The summed E-state index contributed by atoms with van der Waals surface area (Å²) < 4.78 is 0. The monoisotopic (exact) mass is 481 g/mol. The number of carbonyl (C=O) groups excluding carboxylic acids is 1. The van der Waals surface area contributed by atoms with Crippen molar-refractivity contribution in [2.45, 2.75) is 44.8 Å². The van der Waals surface area contributed by atoms with E-state index >= 15 is 0 Å². The van der Waals surface area contributed by atoms with Gasteiger partial charge in [0.25, 0.3) is 5.91 Å². The van der Waals surface area contributed by atoms with Gasteiger partial charge in [-0.1, -0.05) is 18.2 Å². The number of nitrogens with zero attached hydrogens (tertiary/aromatic N) is 5. The van der Waals surface area contributed by atoms with Crippen molar-refractivity contribution in [2.24, 2.45) is 0 Å². The van der Waals surface area contributed by atoms with E-state index in [0.717, 1.165) is 53.1 Å². The molecule has 8 nitrogen and oxygen atoms in total. The Morgan fingerprint density at radius 2 is 1.81 bits per heavy atom. The number of pyridine rings is 2. The quantitative estimate of drug-likeness (QED) is 0.419. The van der Waals surface area contributed by atoms with Gasteiger partial charge in [-0.05, 0) is 63.4 Å². The Kier molecular flexibility index (Phi) is 6.86. The summed E-state index contributed by atoms with van der Waals surface area (Å²) in [7, 11) is 2.12. The summed E-state index contributed by atoms with van der Waals surface area (Å²) in [5.41, 5.74) is 3.17. The summed E-state index contributed by atoms with van der Waals surface area (Å²) in [6, 6.07) is 14.0. The predicted molar refractivity (Wildman–Crippen MR) is 142 cm³/mol. The van der Waals surface area contributed by atoms with Crippen molar-refractivity contribution >= 4 is 22.5 Å². The topological polar surface area (TPSA) is 95.9 Å². The smallest absolute Gasteiger partial charge is 0.251 e. The molecule has 0 spiro atoms. The minimum Gasteiger partial charge on any atom is -0.367 e. The number of hydrogen-bond acceptors (Lipinski definition) is 7. The standard InChI is InChI=1S/C28H31N7O/c1-18(2)32-27-17-29-16-25(34-27)23-11-20-12-24(31-15-21(20)14-30-23)26-13-22(9-10-35(26)3)33-28(36)19-7-5-4-6-8-19/h4-8,11-12,14-18,22,26H,9-10,13H2,1-3H3,(H,32,34)(H,33,36). The molecular weight excluding hydrogens is 450 g/mol. The fourth-order valence-corrected chi connectivity index (χ4v) is 4.65. The molecule has 36 heavy (non-hydrogen) atoms. The van der Waals surface area contributed by atoms with Crippen molar-refractivity contribution in [2.75, 3.05) is 18.9 Å². The van der Waals surface area contributed by atoms with Gasteiger partial charge in [-0.3, -0.25) is 24.6 Å². The highest BCUT2D eigenvalue weighted by molar-refractivity contribution is 5.94. The molecule has 184 valence electrons. The number of carbonyl (C=O) groups is 1. The molecule has 1 saturated heterocycles. The summed E-state index contributed by atoms with van der Waals surface area (Å²) in [6.45, 7) is 5.02. The van der Waals surface area contributed by atoms with Gasteiger partial charge in [0.05, 0.1) is 29.8 Å². The van der Waals surface area contributed by atoms with Gasteiger partial charge in [0.2, 0.25) is 0 Å². The third-order valence-electron chi connectivity index (χ3n) is 6.54. The molecular formula is C28H31N7O. The Bertz CT molecular complexity index is 1360. The van der Waals surface area contributed by atoms with Crippen LogP contribution in [0.5, 0.6) is 0 Å². The van der Waals surface area contributed by atoms with Gasteiger partial charge < -0.3 is 10.6 Å². The van der Waals surface area contributed by atoms with Gasteiger partial charge in [-0.15, -0.1) is 0 Å². The number of anilines is 1. The lowest BCUT2D eigenvalue weighted by molar-refractivity contribution is 0.0886. The SMILES string of the molecule is CC(C)Nc1cncc(-c2cc3cc(C4CC(NC(=O)c5ccccc5)CCN4C)ncc3cn2)n1. The van der Waals surface area contributed by atoms with E-state index in [1.807, 2.05) is 48.8 Å². The minimum atomic E-state index is -0.0265. The fourth-order valence-electron chi connectivity index (χ4n) is 4.65. The third kappa shape index (κ3) is 5.33. The fraction of sp³-hybridized carbons (Fsp3) is 0.321. The van der Waals surface area contributed by atoms with Crippen LogP contribution in [0, 0.1) is 0 Å². The number of aromatic nitrogens is 4. The van der Waals surface area contributed by atoms with Gasteiger partial charge in [0, 0.05) is 42.0 Å². The van der Waals surface area contributed by atoms with Crippen molar-refractivity contribution in [3.63, 3.8) is 0 Å². The van der Waals surface area contributed by atoms with E-state index in [2.05, 4.69) is 57.4 Å². The lowest BCUT2D eigenvalue weighted by atomic mass is 9.94. The molecule has 1 aliphatic heterocycles. The molecule has 1 fully saturated rings. The number of benzene rings is 1. The zero-order valence-electron chi connectivity index (χ0n) is 20.8. The summed E-state index contributed by atoms with van der Waals surface area (Å²) in [6.07, 6.45) is 8.88. The van der Waals surface area contributed by atoms with Crippen LogP contribution < -0.4 is 10.6 Å². The maximum atomic E-state index is 12.7. The average Bonchev–Trinajstić information content (AvgIpc) is 2.89. The minimum absolute atomic E-state index is 0.0265. The first-order valence-corrected chi connectivity index (χ1v) is 12.4. The Hall–Kier alpha value is -3.91. The zero-order chi connectivity index (χ0) is 25.1. The van der Waals surface area contributed by atoms with Gasteiger partial charge >= 0.3 is 0 Å². The molecule has 0 aliphatic carbocycles. The van der Waals surface area contributed by atoms with E-state index < -0.39 is 0 Å². The van der Waals surface area contributed by atoms with Crippen molar-refractivity contribution in [3.8, 4) is 11.4 Å². The van der Waals surface area contributed by atoms with E-state index in [1.54, 1.807) is 12.4 Å². The molecule has 5 rings (SSSR count). The number of piperidine rings is 1. The Morgan fingerprint density at radius 1 is 1.00 bits per heavy atom. The Morgan fingerprint density at radius 3 is 2.61 bits per heavy atom. The van der Waals surface area contributed by atoms with Crippen LogP contribution >= 0.6 is 0 Å². The predicted octanol–water partition coefficient (Wildman–Crippen LogP) is 4.47. The van der Waals surface area contributed by atoms with Crippen LogP contribution in [0.1, 0.15) is 48.8 Å².